The van der Waals surface area contributed by atoms with E-state index in [9.17, 15) is 10.1 Å². The minimum Gasteiger partial charge on any atom is -0.356 e. The number of hydrogen-bond acceptors (Lipinski definition) is 5. The maximum absolute atomic E-state index is 11.9. The maximum Gasteiger partial charge on any atom is 0.266 e. The van der Waals surface area contributed by atoms with Crippen LogP contribution in [0.1, 0.15) is 24.1 Å². The van der Waals surface area contributed by atoms with Crippen molar-refractivity contribution in [2.45, 2.75) is 26.3 Å². The lowest BCUT2D eigenvalue weighted by Crippen LogP contribution is -2.37. The zero-order chi connectivity index (χ0) is 16.2. The molecular weight excluding hydrogens is 290 g/mol. The van der Waals surface area contributed by atoms with E-state index < -0.39 is 0 Å². The van der Waals surface area contributed by atoms with Gasteiger partial charge < -0.3 is 4.90 Å². The summed E-state index contributed by atoms with van der Waals surface area (Å²) >= 11 is 0. The molecule has 0 radical (unpaired) electrons. The van der Waals surface area contributed by atoms with E-state index in [1.807, 2.05) is 6.92 Å². The number of aryl methyl sites for hydroxylation is 1. The van der Waals surface area contributed by atoms with E-state index in [1.165, 1.54) is 0 Å². The summed E-state index contributed by atoms with van der Waals surface area (Å²) < 4.78 is 1.57. The van der Waals surface area contributed by atoms with Gasteiger partial charge in [-0.2, -0.15) is 10.4 Å². The fourth-order valence-corrected chi connectivity index (χ4v) is 2.99. The third-order valence-corrected chi connectivity index (χ3v) is 4.25. The Morgan fingerprint density at radius 3 is 2.83 bits per heavy atom. The summed E-state index contributed by atoms with van der Waals surface area (Å²) in [6, 6.07) is 9.09. The molecule has 118 valence electrons. The lowest BCUT2D eigenvalue weighted by Gasteiger charge is -2.33. The van der Waals surface area contributed by atoms with Crippen LogP contribution in [0.5, 0.6) is 0 Å². The van der Waals surface area contributed by atoms with Gasteiger partial charge >= 0.3 is 0 Å². The summed E-state index contributed by atoms with van der Waals surface area (Å²) in [6.07, 6.45) is 3.64. The van der Waals surface area contributed by atoms with Crippen LogP contribution in [0.15, 0.2) is 35.3 Å². The van der Waals surface area contributed by atoms with Crippen molar-refractivity contribution < 1.29 is 0 Å². The largest absolute Gasteiger partial charge is 0.356 e. The molecule has 0 unspecified atom stereocenters. The Bertz CT molecular complexity index is 784. The summed E-state index contributed by atoms with van der Waals surface area (Å²) in [4.78, 5) is 18.4. The van der Waals surface area contributed by atoms with Crippen LogP contribution in [0.3, 0.4) is 0 Å². The molecule has 3 rings (SSSR count). The molecule has 0 N–H and O–H groups in total. The van der Waals surface area contributed by atoms with Crippen LogP contribution >= 0.6 is 0 Å². The standard InChI is InChI=1S/C17H19N5O/c1-13-4-5-16(23)22(20-13)12-14-6-9-21(10-7-14)17-15(11-18)3-2-8-19-17/h2-5,8,14H,6-7,9-10,12H2,1H3. The number of rotatable bonds is 3. The SMILES string of the molecule is Cc1ccc(=O)n(CC2CCN(c3ncccc3C#N)CC2)n1. The number of anilines is 1. The lowest BCUT2D eigenvalue weighted by atomic mass is 9.96. The molecule has 2 aromatic rings. The second-order valence-electron chi connectivity index (χ2n) is 5.91. The van der Waals surface area contributed by atoms with Crippen LogP contribution in [0.4, 0.5) is 5.82 Å². The first kappa shape index (κ1) is 15.2. The summed E-state index contributed by atoms with van der Waals surface area (Å²) in [5.74, 6) is 1.19. The third kappa shape index (κ3) is 3.39. The van der Waals surface area contributed by atoms with E-state index in [1.54, 1.807) is 35.1 Å². The molecule has 2 aromatic heterocycles. The molecule has 3 heterocycles. The van der Waals surface area contributed by atoms with Crippen molar-refractivity contribution in [3.63, 3.8) is 0 Å². The van der Waals surface area contributed by atoms with Gasteiger partial charge in [-0.15, -0.1) is 0 Å². The monoisotopic (exact) mass is 309 g/mol. The van der Waals surface area contributed by atoms with Crippen LogP contribution in [0.25, 0.3) is 0 Å². The Hall–Kier alpha value is -2.68. The van der Waals surface area contributed by atoms with Gasteiger partial charge in [0.05, 0.1) is 11.3 Å². The molecule has 0 atom stereocenters. The van der Waals surface area contributed by atoms with Gasteiger partial charge in [-0.25, -0.2) is 9.67 Å². The molecule has 0 saturated carbocycles. The van der Waals surface area contributed by atoms with Crippen LogP contribution in [0.2, 0.25) is 0 Å². The third-order valence-electron chi connectivity index (χ3n) is 4.25. The summed E-state index contributed by atoms with van der Waals surface area (Å²) in [5, 5.41) is 13.5. The molecule has 6 nitrogen and oxygen atoms in total. The number of nitrogens with zero attached hydrogens (tertiary/aromatic N) is 5. The highest BCUT2D eigenvalue weighted by Gasteiger charge is 2.22. The van der Waals surface area contributed by atoms with Crippen molar-refractivity contribution in [2.75, 3.05) is 18.0 Å². The Balaban J connectivity index is 1.66. The average Bonchev–Trinajstić information content (AvgIpc) is 2.59. The van der Waals surface area contributed by atoms with Crippen molar-refractivity contribution in [1.82, 2.24) is 14.8 Å². The molecule has 0 aliphatic carbocycles. The normalized spacial score (nSPS) is 15.4. The lowest BCUT2D eigenvalue weighted by molar-refractivity contribution is 0.333. The van der Waals surface area contributed by atoms with Crippen LogP contribution in [0, 0.1) is 24.2 Å². The molecule has 6 heteroatoms. The average molecular weight is 309 g/mol. The van der Waals surface area contributed by atoms with Gasteiger partial charge in [-0.1, -0.05) is 0 Å². The predicted molar refractivity (Wildman–Crippen MR) is 87.1 cm³/mol. The number of piperidine rings is 1. The van der Waals surface area contributed by atoms with E-state index >= 15 is 0 Å². The topological polar surface area (TPSA) is 74.8 Å². The summed E-state index contributed by atoms with van der Waals surface area (Å²) in [7, 11) is 0. The first-order valence-electron chi connectivity index (χ1n) is 7.82. The minimum atomic E-state index is -0.0467. The number of pyridine rings is 1. The van der Waals surface area contributed by atoms with Crippen LogP contribution in [-0.2, 0) is 6.54 Å². The van der Waals surface area contributed by atoms with Gasteiger partial charge in [-0.05, 0) is 43.9 Å². The zero-order valence-corrected chi connectivity index (χ0v) is 13.1. The number of aromatic nitrogens is 3. The van der Waals surface area contributed by atoms with Gasteiger partial charge in [-0.3, -0.25) is 4.79 Å². The molecule has 1 fully saturated rings. The van der Waals surface area contributed by atoms with Gasteiger partial charge in [0.15, 0.2) is 0 Å². The highest BCUT2D eigenvalue weighted by molar-refractivity contribution is 5.53. The second kappa shape index (κ2) is 6.61. The van der Waals surface area contributed by atoms with Gasteiger partial charge in [0.1, 0.15) is 11.9 Å². The van der Waals surface area contributed by atoms with E-state index in [4.69, 9.17) is 0 Å². The second-order valence-corrected chi connectivity index (χ2v) is 5.91. The van der Waals surface area contributed by atoms with E-state index in [0.717, 1.165) is 37.4 Å². The fourth-order valence-electron chi connectivity index (χ4n) is 2.99. The summed E-state index contributed by atoms with van der Waals surface area (Å²) in [5.41, 5.74) is 1.42. The van der Waals surface area contributed by atoms with Crippen molar-refractivity contribution in [3.05, 3.63) is 52.1 Å². The zero-order valence-electron chi connectivity index (χ0n) is 13.1. The Morgan fingerprint density at radius 1 is 1.30 bits per heavy atom. The number of hydrogen-bond donors (Lipinski definition) is 0. The molecule has 23 heavy (non-hydrogen) atoms. The molecule has 1 aliphatic heterocycles. The van der Waals surface area contributed by atoms with E-state index in [0.29, 0.717) is 18.0 Å². The minimum absolute atomic E-state index is 0.0467. The Kier molecular flexibility index (Phi) is 4.38. The van der Waals surface area contributed by atoms with Crippen LogP contribution < -0.4 is 10.5 Å². The summed E-state index contributed by atoms with van der Waals surface area (Å²) in [6.45, 7) is 4.23. The molecule has 0 amide bonds. The first-order valence-corrected chi connectivity index (χ1v) is 7.82. The van der Waals surface area contributed by atoms with Crippen molar-refractivity contribution in [3.8, 4) is 6.07 Å². The van der Waals surface area contributed by atoms with Crippen molar-refractivity contribution >= 4 is 5.82 Å². The van der Waals surface area contributed by atoms with Crippen molar-refractivity contribution in [2.24, 2.45) is 5.92 Å². The van der Waals surface area contributed by atoms with Gasteiger partial charge in [0.2, 0.25) is 0 Å². The van der Waals surface area contributed by atoms with Crippen molar-refractivity contribution in [1.29, 1.82) is 5.26 Å². The van der Waals surface area contributed by atoms with E-state index in [2.05, 4.69) is 21.1 Å². The van der Waals surface area contributed by atoms with Gasteiger partial charge in [0.25, 0.3) is 5.56 Å². The van der Waals surface area contributed by atoms with Gasteiger partial charge in [0, 0.05) is 31.9 Å². The molecular formula is C17H19N5O. The predicted octanol–water partition coefficient (Wildman–Crippen LogP) is 1.74. The number of nitriles is 1. The molecule has 0 aromatic carbocycles. The molecule has 1 saturated heterocycles. The quantitative estimate of drug-likeness (QED) is 0.863. The maximum atomic E-state index is 11.9. The molecule has 0 bridgehead atoms. The van der Waals surface area contributed by atoms with E-state index in [-0.39, 0.29) is 5.56 Å². The first-order chi connectivity index (χ1) is 11.2. The smallest absolute Gasteiger partial charge is 0.266 e. The Labute approximate surface area is 135 Å². The Morgan fingerprint density at radius 2 is 2.09 bits per heavy atom. The highest BCUT2D eigenvalue weighted by atomic mass is 16.1. The highest BCUT2D eigenvalue weighted by Crippen LogP contribution is 2.24. The molecule has 0 spiro atoms. The van der Waals surface area contributed by atoms with Crippen LogP contribution in [-0.4, -0.2) is 27.9 Å². The molecule has 1 aliphatic rings. The fraction of sp³-hybridized carbons (Fsp3) is 0.412.